The van der Waals surface area contributed by atoms with Gasteiger partial charge >= 0.3 is 0 Å². The van der Waals surface area contributed by atoms with Crippen LogP contribution in [0.25, 0.3) is 0 Å². The molecule has 1 heterocycles. The molecule has 2 amide bonds. The number of rotatable bonds is 5. The molecule has 2 aromatic rings. The van der Waals surface area contributed by atoms with E-state index in [-0.39, 0.29) is 16.9 Å². The van der Waals surface area contributed by atoms with Crippen LogP contribution in [0.2, 0.25) is 0 Å². The molecule has 0 spiro atoms. The zero-order valence-electron chi connectivity index (χ0n) is 15.8. The molecule has 0 aromatic heterocycles. The Morgan fingerprint density at radius 3 is 2.46 bits per heavy atom. The summed E-state index contributed by atoms with van der Waals surface area (Å²) in [5.41, 5.74) is 2.43. The maximum atomic E-state index is 12.6. The van der Waals surface area contributed by atoms with Crippen LogP contribution >= 0.6 is 12.2 Å². The van der Waals surface area contributed by atoms with Crippen molar-refractivity contribution >= 4 is 34.8 Å². The van der Waals surface area contributed by atoms with Crippen molar-refractivity contribution < 1.29 is 9.59 Å². The predicted molar refractivity (Wildman–Crippen MR) is 115 cm³/mol. The molecule has 5 nitrogen and oxygen atoms in total. The number of hydrogen-bond acceptors (Lipinski definition) is 3. The smallest absolute Gasteiger partial charge is 0.253 e. The van der Waals surface area contributed by atoms with Gasteiger partial charge in [0.1, 0.15) is 0 Å². The first-order valence-electron chi connectivity index (χ1n) is 9.66. The number of benzene rings is 2. The number of carbonyl (C=O) groups excluding carboxylic acids is 2. The highest BCUT2D eigenvalue weighted by Crippen LogP contribution is 2.16. The highest BCUT2D eigenvalue weighted by atomic mass is 32.1. The first-order valence-corrected chi connectivity index (χ1v) is 10.1. The first kappa shape index (κ1) is 20.0. The van der Waals surface area contributed by atoms with E-state index in [4.69, 9.17) is 12.2 Å². The molecule has 1 saturated heterocycles. The van der Waals surface area contributed by atoms with Gasteiger partial charge in [0.25, 0.3) is 5.91 Å². The number of aryl methyl sites for hydroxylation is 1. The summed E-state index contributed by atoms with van der Waals surface area (Å²) in [6, 6.07) is 17.1. The van der Waals surface area contributed by atoms with E-state index in [9.17, 15) is 9.59 Å². The quantitative estimate of drug-likeness (QED) is 0.757. The lowest BCUT2D eigenvalue weighted by molar-refractivity contribution is -0.119. The molecule has 0 saturated carbocycles. The SMILES string of the molecule is O=C(CCc1ccccc1)NC(=S)Nc1cccc(C(=O)N2CCCCC2)c1. The molecule has 146 valence electrons. The number of anilines is 1. The van der Waals surface area contributed by atoms with Crippen molar-refractivity contribution in [3.05, 3.63) is 65.7 Å². The highest BCUT2D eigenvalue weighted by Gasteiger charge is 2.18. The van der Waals surface area contributed by atoms with Gasteiger partial charge in [-0.3, -0.25) is 9.59 Å². The molecule has 0 bridgehead atoms. The molecule has 2 aromatic carbocycles. The summed E-state index contributed by atoms with van der Waals surface area (Å²) in [6.45, 7) is 1.62. The van der Waals surface area contributed by atoms with Crippen molar-refractivity contribution in [1.82, 2.24) is 10.2 Å². The third-order valence-corrected chi connectivity index (χ3v) is 4.95. The highest BCUT2D eigenvalue weighted by molar-refractivity contribution is 7.80. The Kier molecular flexibility index (Phi) is 7.14. The standard InChI is InChI=1S/C22H25N3O2S/c26-20(13-12-17-8-3-1-4-9-17)24-22(28)23-19-11-7-10-18(16-19)21(27)25-14-5-2-6-15-25/h1,3-4,7-11,16H,2,5-6,12-15H2,(H2,23,24,26,28). The van der Waals surface area contributed by atoms with Crippen molar-refractivity contribution in [3.8, 4) is 0 Å². The maximum Gasteiger partial charge on any atom is 0.253 e. The minimum Gasteiger partial charge on any atom is -0.339 e. The first-order chi connectivity index (χ1) is 13.6. The molecular formula is C22H25N3O2S. The van der Waals surface area contributed by atoms with E-state index in [1.54, 1.807) is 6.07 Å². The number of likely N-dealkylation sites (tertiary alicyclic amines) is 1. The van der Waals surface area contributed by atoms with Gasteiger partial charge in [-0.2, -0.15) is 0 Å². The Labute approximate surface area is 171 Å². The number of carbonyl (C=O) groups is 2. The number of nitrogens with zero attached hydrogens (tertiary/aromatic N) is 1. The monoisotopic (exact) mass is 395 g/mol. The lowest BCUT2D eigenvalue weighted by atomic mass is 10.1. The van der Waals surface area contributed by atoms with Crippen molar-refractivity contribution in [3.63, 3.8) is 0 Å². The molecule has 1 aliphatic heterocycles. The average molecular weight is 396 g/mol. The van der Waals surface area contributed by atoms with E-state index in [0.717, 1.165) is 31.5 Å². The largest absolute Gasteiger partial charge is 0.339 e. The fraction of sp³-hybridized carbons (Fsp3) is 0.318. The van der Waals surface area contributed by atoms with Crippen LogP contribution in [0.4, 0.5) is 5.69 Å². The van der Waals surface area contributed by atoms with Gasteiger partial charge in [-0.25, -0.2) is 0 Å². The van der Waals surface area contributed by atoms with Crippen LogP contribution in [0.15, 0.2) is 54.6 Å². The van der Waals surface area contributed by atoms with Crippen molar-refractivity contribution in [2.24, 2.45) is 0 Å². The van der Waals surface area contributed by atoms with E-state index < -0.39 is 0 Å². The second-order valence-corrected chi connectivity index (χ2v) is 7.33. The fourth-order valence-corrected chi connectivity index (χ4v) is 3.50. The van der Waals surface area contributed by atoms with Gasteiger partial charge in [0.05, 0.1) is 0 Å². The Hall–Kier alpha value is -2.73. The van der Waals surface area contributed by atoms with Gasteiger partial charge in [-0.1, -0.05) is 36.4 Å². The van der Waals surface area contributed by atoms with Crippen LogP contribution in [0.3, 0.4) is 0 Å². The zero-order chi connectivity index (χ0) is 19.8. The molecule has 0 unspecified atom stereocenters. The summed E-state index contributed by atoms with van der Waals surface area (Å²) in [5.74, 6) is -0.0944. The molecule has 0 aliphatic carbocycles. The van der Waals surface area contributed by atoms with Gasteiger partial charge in [-0.05, 0) is 61.7 Å². The zero-order valence-corrected chi connectivity index (χ0v) is 16.6. The van der Waals surface area contributed by atoms with E-state index in [1.165, 1.54) is 6.42 Å². The number of amides is 2. The summed E-state index contributed by atoms with van der Waals surface area (Å²) < 4.78 is 0. The Morgan fingerprint density at radius 1 is 0.964 bits per heavy atom. The Balaban J connectivity index is 1.51. The summed E-state index contributed by atoms with van der Waals surface area (Å²) in [6.07, 6.45) is 4.32. The molecular weight excluding hydrogens is 370 g/mol. The maximum absolute atomic E-state index is 12.6. The van der Waals surface area contributed by atoms with Crippen LogP contribution < -0.4 is 10.6 Å². The molecule has 28 heavy (non-hydrogen) atoms. The van der Waals surface area contributed by atoms with Gasteiger partial charge < -0.3 is 15.5 Å². The third kappa shape index (κ3) is 5.89. The van der Waals surface area contributed by atoms with Gasteiger partial charge in [-0.15, -0.1) is 0 Å². The van der Waals surface area contributed by atoms with E-state index in [1.807, 2.05) is 53.4 Å². The molecule has 1 fully saturated rings. The Bertz CT molecular complexity index is 833. The molecule has 0 radical (unpaired) electrons. The summed E-state index contributed by atoms with van der Waals surface area (Å²) >= 11 is 5.24. The van der Waals surface area contributed by atoms with Crippen LogP contribution in [0.1, 0.15) is 41.6 Å². The van der Waals surface area contributed by atoms with E-state index >= 15 is 0 Å². The molecule has 2 N–H and O–H groups in total. The number of hydrogen-bond donors (Lipinski definition) is 2. The average Bonchev–Trinajstić information content (AvgIpc) is 2.73. The molecule has 3 rings (SSSR count). The molecule has 1 aliphatic rings. The number of nitrogens with one attached hydrogen (secondary N) is 2. The Morgan fingerprint density at radius 2 is 1.71 bits per heavy atom. The fourth-order valence-electron chi connectivity index (χ4n) is 3.26. The summed E-state index contributed by atoms with van der Waals surface area (Å²) in [7, 11) is 0. The van der Waals surface area contributed by atoms with E-state index in [0.29, 0.717) is 24.1 Å². The molecule has 0 atom stereocenters. The van der Waals surface area contributed by atoms with Crippen molar-refractivity contribution in [2.45, 2.75) is 32.1 Å². The third-order valence-electron chi connectivity index (χ3n) is 4.75. The lowest BCUT2D eigenvalue weighted by Crippen LogP contribution is -2.36. The minimum absolute atomic E-state index is 0.0427. The second kappa shape index (κ2) is 9.99. The van der Waals surface area contributed by atoms with Gasteiger partial charge in [0.15, 0.2) is 5.11 Å². The van der Waals surface area contributed by atoms with E-state index in [2.05, 4.69) is 10.6 Å². The van der Waals surface area contributed by atoms with Gasteiger partial charge in [0, 0.05) is 30.8 Å². The van der Waals surface area contributed by atoms with Crippen molar-refractivity contribution in [1.29, 1.82) is 0 Å². The predicted octanol–water partition coefficient (Wildman–Crippen LogP) is 3.76. The van der Waals surface area contributed by atoms with Crippen LogP contribution in [-0.2, 0) is 11.2 Å². The number of thiocarbonyl (C=S) groups is 1. The summed E-state index contributed by atoms with van der Waals surface area (Å²) in [4.78, 5) is 26.6. The van der Waals surface area contributed by atoms with Crippen molar-refractivity contribution in [2.75, 3.05) is 18.4 Å². The summed E-state index contributed by atoms with van der Waals surface area (Å²) in [5, 5.41) is 5.93. The topological polar surface area (TPSA) is 61.4 Å². The van der Waals surface area contributed by atoms with Crippen LogP contribution in [0.5, 0.6) is 0 Å². The normalized spacial score (nSPS) is 13.6. The lowest BCUT2D eigenvalue weighted by Gasteiger charge is -2.26. The van der Waals surface area contributed by atoms with Crippen LogP contribution in [0, 0.1) is 0 Å². The number of piperidine rings is 1. The second-order valence-electron chi connectivity index (χ2n) is 6.92. The minimum atomic E-state index is -0.137. The van der Waals surface area contributed by atoms with Crippen LogP contribution in [-0.4, -0.2) is 34.9 Å². The molecule has 6 heteroatoms. The van der Waals surface area contributed by atoms with Gasteiger partial charge in [0.2, 0.25) is 5.91 Å².